The van der Waals surface area contributed by atoms with E-state index in [2.05, 4.69) is 36.6 Å². The van der Waals surface area contributed by atoms with E-state index in [0.717, 1.165) is 91.7 Å². The Balaban J connectivity index is 0.797. The molecule has 1 saturated carbocycles. The lowest BCUT2D eigenvalue weighted by atomic mass is 9.85. The molecular formula is C39H43N11O4. The monoisotopic (exact) mass is 729 g/mol. The van der Waals surface area contributed by atoms with Crippen LogP contribution >= 0.6 is 0 Å². The molecule has 2 N–H and O–H groups in total. The van der Waals surface area contributed by atoms with Gasteiger partial charge in [0.2, 0.25) is 5.91 Å². The Morgan fingerprint density at radius 2 is 1.83 bits per heavy atom. The molecule has 6 aromatic rings. The molecule has 2 aliphatic heterocycles. The Bertz CT molecular complexity index is 2400. The molecule has 4 aromatic heterocycles. The van der Waals surface area contributed by atoms with Crippen molar-refractivity contribution in [1.82, 2.24) is 49.7 Å². The molecule has 54 heavy (non-hydrogen) atoms. The van der Waals surface area contributed by atoms with Gasteiger partial charge in [-0.2, -0.15) is 19.8 Å². The molecule has 3 amide bonds. The SMILES string of the molecule is COc1cc2nn(-c3cnc4cccnn34)cc2cc1C(=O)NC1CCC(CN2CCN(c3cccc4c3c(C)nn4C3CCC(=O)NC3=O)CC2)CC1. The molecule has 0 radical (unpaired) electrons. The lowest BCUT2D eigenvalue weighted by molar-refractivity contribution is -0.135. The molecular weight excluding hydrogens is 687 g/mol. The van der Waals surface area contributed by atoms with E-state index < -0.39 is 6.04 Å². The second kappa shape index (κ2) is 13.9. The van der Waals surface area contributed by atoms with Crippen LogP contribution in [0.4, 0.5) is 5.69 Å². The third-order valence-electron chi connectivity index (χ3n) is 11.4. The first kappa shape index (κ1) is 34.0. The van der Waals surface area contributed by atoms with E-state index in [1.807, 2.05) is 49.5 Å². The van der Waals surface area contributed by atoms with Crippen molar-refractivity contribution in [2.45, 2.75) is 57.5 Å². The molecule has 9 rings (SSSR count). The average molecular weight is 730 g/mol. The zero-order valence-corrected chi connectivity index (χ0v) is 30.4. The predicted molar refractivity (Wildman–Crippen MR) is 202 cm³/mol. The minimum Gasteiger partial charge on any atom is -0.496 e. The Labute approximate surface area is 311 Å². The van der Waals surface area contributed by atoms with Crippen molar-refractivity contribution < 1.29 is 19.1 Å². The van der Waals surface area contributed by atoms with E-state index in [4.69, 9.17) is 14.9 Å². The van der Waals surface area contributed by atoms with Crippen LogP contribution in [0.3, 0.4) is 0 Å². The van der Waals surface area contributed by atoms with Crippen molar-refractivity contribution in [3.05, 3.63) is 72.3 Å². The van der Waals surface area contributed by atoms with E-state index in [0.29, 0.717) is 41.4 Å². The van der Waals surface area contributed by atoms with Gasteiger partial charge in [-0.1, -0.05) is 6.07 Å². The second-order valence-corrected chi connectivity index (χ2v) is 14.7. The Hall–Kier alpha value is -5.83. The number of nitrogens with one attached hydrogen (secondary N) is 2. The number of carbonyl (C=O) groups is 3. The molecule has 0 bridgehead atoms. The topological polar surface area (TPSA) is 157 Å². The van der Waals surface area contributed by atoms with Gasteiger partial charge in [0.15, 0.2) is 11.5 Å². The molecule has 1 aliphatic carbocycles. The maximum atomic E-state index is 13.6. The predicted octanol–water partition coefficient (Wildman–Crippen LogP) is 3.82. The van der Waals surface area contributed by atoms with Crippen LogP contribution in [0.1, 0.15) is 60.6 Å². The zero-order chi connectivity index (χ0) is 36.9. The van der Waals surface area contributed by atoms with Crippen LogP contribution < -0.4 is 20.3 Å². The number of rotatable bonds is 8. The van der Waals surface area contributed by atoms with Crippen LogP contribution in [0.5, 0.6) is 5.75 Å². The van der Waals surface area contributed by atoms with Gasteiger partial charge in [0.25, 0.3) is 11.8 Å². The lowest BCUT2D eigenvalue weighted by Crippen LogP contribution is -2.48. The standard InChI is InChI=1S/C39H43N11O4/c1-24-37-30(5-3-6-31(37)49(44-24)32-12-13-35(51)43-39(32)53)47-17-15-46(16-18-47)22-25-8-10-27(11-9-25)42-38(52)28-19-26-23-48(45-29(26)20-33(28)54-2)36-21-40-34-7-4-14-41-50(34)36/h3-7,14,19-21,23,25,27,32H,8-13,15-18,22H2,1-2H3,(H,42,52)(H,43,51,53). The number of amides is 3. The third-order valence-corrected chi connectivity index (χ3v) is 11.4. The Morgan fingerprint density at radius 1 is 1.00 bits per heavy atom. The number of ether oxygens (including phenoxy) is 1. The van der Waals surface area contributed by atoms with Crippen LogP contribution in [-0.4, -0.2) is 103 Å². The highest BCUT2D eigenvalue weighted by Crippen LogP contribution is 2.34. The largest absolute Gasteiger partial charge is 0.496 e. The fraction of sp³-hybridized carbons (Fsp3) is 0.410. The van der Waals surface area contributed by atoms with Gasteiger partial charge in [-0.05, 0) is 75.3 Å². The first-order valence-corrected chi connectivity index (χ1v) is 18.8. The summed E-state index contributed by atoms with van der Waals surface area (Å²) in [5.41, 5.74) is 4.90. The van der Waals surface area contributed by atoms with Crippen molar-refractivity contribution in [3.63, 3.8) is 0 Å². The lowest BCUT2D eigenvalue weighted by Gasteiger charge is -2.39. The molecule has 6 heterocycles. The van der Waals surface area contributed by atoms with Crippen molar-refractivity contribution >= 4 is 50.9 Å². The summed E-state index contributed by atoms with van der Waals surface area (Å²) in [4.78, 5) is 47.4. The number of aromatic nitrogens is 7. The summed E-state index contributed by atoms with van der Waals surface area (Å²) in [5, 5.41) is 21.6. The average Bonchev–Trinajstić information content (AvgIpc) is 3.90. The molecule has 278 valence electrons. The van der Waals surface area contributed by atoms with Crippen LogP contribution in [0.25, 0.3) is 33.3 Å². The summed E-state index contributed by atoms with van der Waals surface area (Å²) >= 11 is 0. The van der Waals surface area contributed by atoms with Gasteiger partial charge in [0.1, 0.15) is 11.8 Å². The Kier molecular flexibility index (Phi) is 8.72. The number of imide groups is 1. The molecule has 0 spiro atoms. The number of piperidine rings is 1. The number of anilines is 1. The molecule has 1 unspecified atom stereocenters. The minimum absolute atomic E-state index is 0.114. The maximum absolute atomic E-state index is 13.6. The highest BCUT2D eigenvalue weighted by Gasteiger charge is 2.32. The molecule has 2 saturated heterocycles. The van der Waals surface area contributed by atoms with Crippen LogP contribution in [-0.2, 0) is 9.59 Å². The number of carbonyl (C=O) groups excluding carboxylic acids is 3. The summed E-state index contributed by atoms with van der Waals surface area (Å²) in [6.45, 7) is 6.82. The number of imidazole rings is 1. The first-order chi connectivity index (χ1) is 26.3. The smallest absolute Gasteiger partial charge is 0.255 e. The fourth-order valence-corrected chi connectivity index (χ4v) is 8.55. The van der Waals surface area contributed by atoms with Crippen LogP contribution in [0.15, 0.2) is 61.1 Å². The zero-order valence-electron chi connectivity index (χ0n) is 30.4. The van der Waals surface area contributed by atoms with Gasteiger partial charge >= 0.3 is 0 Å². The number of piperazine rings is 1. The summed E-state index contributed by atoms with van der Waals surface area (Å²) in [7, 11) is 1.58. The highest BCUT2D eigenvalue weighted by molar-refractivity contribution is 6.02. The first-order valence-electron chi connectivity index (χ1n) is 18.8. The number of fused-ring (bicyclic) bond motifs is 3. The maximum Gasteiger partial charge on any atom is 0.255 e. The van der Waals surface area contributed by atoms with Gasteiger partial charge in [-0.3, -0.25) is 29.3 Å². The van der Waals surface area contributed by atoms with Crippen molar-refractivity contribution in [3.8, 4) is 11.6 Å². The van der Waals surface area contributed by atoms with Gasteiger partial charge in [-0.15, -0.1) is 0 Å². The minimum atomic E-state index is -0.480. The van der Waals surface area contributed by atoms with Crippen molar-refractivity contribution in [2.24, 2.45) is 5.92 Å². The third kappa shape index (κ3) is 6.21. The van der Waals surface area contributed by atoms with Gasteiger partial charge in [0, 0.05) is 80.1 Å². The molecule has 15 heteroatoms. The molecule has 1 atom stereocenters. The summed E-state index contributed by atoms with van der Waals surface area (Å²) < 4.78 is 10.9. The number of aryl methyl sites for hydroxylation is 1. The highest BCUT2D eigenvalue weighted by atomic mass is 16.5. The number of benzene rings is 2. The van der Waals surface area contributed by atoms with Crippen molar-refractivity contribution in [1.29, 1.82) is 0 Å². The number of nitrogens with zero attached hydrogens (tertiary/aromatic N) is 9. The summed E-state index contributed by atoms with van der Waals surface area (Å²) in [6, 6.07) is 13.2. The molecule has 3 fully saturated rings. The second-order valence-electron chi connectivity index (χ2n) is 14.7. The molecule has 15 nitrogen and oxygen atoms in total. The van der Waals surface area contributed by atoms with E-state index in [-0.39, 0.29) is 23.8 Å². The van der Waals surface area contributed by atoms with E-state index >= 15 is 0 Å². The van der Waals surface area contributed by atoms with E-state index in [9.17, 15) is 14.4 Å². The van der Waals surface area contributed by atoms with Crippen LogP contribution in [0.2, 0.25) is 0 Å². The summed E-state index contributed by atoms with van der Waals surface area (Å²) in [6.07, 6.45) is 10.1. The van der Waals surface area contributed by atoms with Gasteiger partial charge in [0.05, 0.1) is 35.6 Å². The number of hydrogen-bond donors (Lipinski definition) is 2. The summed E-state index contributed by atoms with van der Waals surface area (Å²) in [5.74, 6) is 1.14. The number of hydrogen-bond acceptors (Lipinski definition) is 10. The molecule has 3 aliphatic rings. The van der Waals surface area contributed by atoms with Gasteiger partial charge < -0.3 is 15.0 Å². The normalized spacial score (nSPS) is 21.2. The van der Waals surface area contributed by atoms with Gasteiger partial charge in [-0.25, -0.2) is 9.67 Å². The van der Waals surface area contributed by atoms with Crippen LogP contribution in [0, 0.1) is 12.8 Å². The Morgan fingerprint density at radius 3 is 2.63 bits per heavy atom. The fourth-order valence-electron chi connectivity index (χ4n) is 8.55. The number of methoxy groups -OCH3 is 1. The van der Waals surface area contributed by atoms with E-state index in [1.165, 1.54) is 0 Å². The van der Waals surface area contributed by atoms with E-state index in [1.54, 1.807) is 33.4 Å². The van der Waals surface area contributed by atoms with Crippen molar-refractivity contribution in [2.75, 3.05) is 44.7 Å². The quantitative estimate of drug-likeness (QED) is 0.221. The molecule has 2 aromatic carbocycles.